The fourth-order valence-electron chi connectivity index (χ4n) is 3.18. The topological polar surface area (TPSA) is 20.2 Å². The van der Waals surface area contributed by atoms with Crippen LogP contribution in [0.3, 0.4) is 0 Å². The number of benzene rings is 3. The number of hydrogen-bond donors (Lipinski definition) is 1. The Morgan fingerprint density at radius 2 is 1.58 bits per heavy atom. The van der Waals surface area contributed by atoms with Crippen LogP contribution in [0.2, 0.25) is 0 Å². The molecule has 1 atom stereocenters. The summed E-state index contributed by atoms with van der Waals surface area (Å²) in [6, 6.07) is 22.7. The molecule has 1 heteroatoms. The third-order valence-corrected chi connectivity index (χ3v) is 4.81. The van der Waals surface area contributed by atoms with Crippen molar-refractivity contribution >= 4 is 0 Å². The van der Waals surface area contributed by atoms with E-state index in [0.717, 1.165) is 17.5 Å². The highest BCUT2D eigenvalue weighted by Crippen LogP contribution is 2.36. The quantitative estimate of drug-likeness (QED) is 0.578. The fourth-order valence-corrected chi connectivity index (χ4v) is 3.18. The van der Waals surface area contributed by atoms with Crippen LogP contribution in [0.4, 0.5) is 0 Å². The predicted molar refractivity (Wildman–Crippen MR) is 102 cm³/mol. The van der Waals surface area contributed by atoms with E-state index in [1.165, 1.54) is 22.3 Å². The van der Waals surface area contributed by atoms with Crippen LogP contribution in [-0.4, -0.2) is 5.11 Å². The molecule has 0 bridgehead atoms. The minimum Gasteiger partial charge on any atom is -0.508 e. The van der Waals surface area contributed by atoms with Crippen LogP contribution in [-0.2, 0) is 0 Å². The summed E-state index contributed by atoms with van der Waals surface area (Å²) >= 11 is 0. The molecule has 0 amide bonds. The smallest absolute Gasteiger partial charge is 0.116 e. The fraction of sp³-hybridized carbons (Fsp3) is 0.217. The number of aromatic hydroxyl groups is 1. The maximum absolute atomic E-state index is 9.79. The summed E-state index contributed by atoms with van der Waals surface area (Å²) in [6.45, 7) is 6.68. The van der Waals surface area contributed by atoms with E-state index in [1.807, 2.05) is 18.2 Å². The molecule has 1 nitrogen and oxygen atoms in total. The summed E-state index contributed by atoms with van der Waals surface area (Å²) in [5.74, 6) is 0.814. The van der Waals surface area contributed by atoms with Crippen molar-refractivity contribution in [2.45, 2.75) is 33.1 Å². The van der Waals surface area contributed by atoms with Crippen LogP contribution in [0.25, 0.3) is 22.3 Å². The predicted octanol–water partition coefficient (Wildman–Crippen LogP) is 6.55. The summed E-state index contributed by atoms with van der Waals surface area (Å²) in [7, 11) is 0. The van der Waals surface area contributed by atoms with Crippen LogP contribution >= 0.6 is 0 Å². The van der Waals surface area contributed by atoms with Crippen molar-refractivity contribution < 1.29 is 5.11 Å². The Morgan fingerprint density at radius 3 is 2.29 bits per heavy atom. The Morgan fingerprint density at radius 1 is 0.833 bits per heavy atom. The third-order valence-electron chi connectivity index (χ3n) is 4.81. The van der Waals surface area contributed by atoms with E-state index >= 15 is 0 Å². The average molecular weight is 316 g/mol. The first-order valence-corrected chi connectivity index (χ1v) is 8.59. The van der Waals surface area contributed by atoms with E-state index in [2.05, 4.69) is 63.2 Å². The largest absolute Gasteiger partial charge is 0.508 e. The molecule has 0 heterocycles. The minimum absolute atomic E-state index is 0.302. The Kier molecular flexibility index (Phi) is 4.71. The molecule has 0 aromatic heterocycles. The molecule has 1 N–H and O–H groups in total. The van der Waals surface area contributed by atoms with Gasteiger partial charge in [0.2, 0.25) is 0 Å². The second-order valence-corrected chi connectivity index (χ2v) is 6.48. The van der Waals surface area contributed by atoms with Gasteiger partial charge in [0, 0.05) is 0 Å². The molecule has 3 aromatic carbocycles. The molecule has 0 radical (unpaired) electrons. The van der Waals surface area contributed by atoms with Crippen molar-refractivity contribution in [3.8, 4) is 28.0 Å². The molecule has 0 fully saturated rings. The van der Waals surface area contributed by atoms with Crippen molar-refractivity contribution in [3.05, 3.63) is 77.9 Å². The van der Waals surface area contributed by atoms with Gasteiger partial charge in [-0.2, -0.15) is 0 Å². The summed E-state index contributed by atoms with van der Waals surface area (Å²) in [5, 5.41) is 9.79. The molecule has 0 aliphatic heterocycles. The molecule has 3 rings (SSSR count). The van der Waals surface area contributed by atoms with Crippen molar-refractivity contribution in [1.29, 1.82) is 0 Å². The molecule has 1 unspecified atom stereocenters. The lowest BCUT2D eigenvalue weighted by molar-refractivity contribution is 0.475. The maximum atomic E-state index is 9.79. The highest BCUT2D eigenvalue weighted by Gasteiger charge is 2.13. The van der Waals surface area contributed by atoms with Gasteiger partial charge in [0.15, 0.2) is 0 Å². The number of phenolic OH excluding ortho intramolecular Hbond substituents is 1. The van der Waals surface area contributed by atoms with Crippen LogP contribution < -0.4 is 0 Å². The zero-order chi connectivity index (χ0) is 17.1. The van der Waals surface area contributed by atoms with E-state index in [4.69, 9.17) is 0 Å². The summed E-state index contributed by atoms with van der Waals surface area (Å²) < 4.78 is 0. The van der Waals surface area contributed by atoms with E-state index in [-0.39, 0.29) is 0 Å². The third kappa shape index (κ3) is 3.21. The van der Waals surface area contributed by atoms with Gasteiger partial charge in [-0.15, -0.1) is 0 Å². The first-order chi connectivity index (χ1) is 11.6. The lowest BCUT2D eigenvalue weighted by atomic mass is 9.86. The zero-order valence-corrected chi connectivity index (χ0v) is 14.6. The SMILES string of the molecule is CCC(C)c1ccc(-c2cccc(O)c2)cc1-c1ccccc1C. The van der Waals surface area contributed by atoms with Gasteiger partial charge in [0.25, 0.3) is 0 Å². The van der Waals surface area contributed by atoms with Crippen molar-refractivity contribution in [2.24, 2.45) is 0 Å². The maximum Gasteiger partial charge on any atom is 0.116 e. The molecule has 0 aliphatic carbocycles. The standard InChI is InChI=1S/C23H24O/c1-4-16(2)22-13-12-19(18-9-7-10-20(24)14-18)15-23(22)21-11-6-5-8-17(21)3/h5-16,24H,4H2,1-3H3. The zero-order valence-electron chi connectivity index (χ0n) is 14.6. The molecule has 0 saturated carbocycles. The molecule has 0 saturated heterocycles. The van der Waals surface area contributed by atoms with Crippen LogP contribution in [0, 0.1) is 6.92 Å². The Labute approximate surface area is 144 Å². The van der Waals surface area contributed by atoms with Crippen LogP contribution in [0.5, 0.6) is 5.75 Å². The molecule has 122 valence electrons. The lowest BCUT2D eigenvalue weighted by Gasteiger charge is -2.18. The average Bonchev–Trinajstić information content (AvgIpc) is 2.61. The summed E-state index contributed by atoms with van der Waals surface area (Å²) in [6.07, 6.45) is 1.12. The Bertz CT molecular complexity index is 848. The van der Waals surface area contributed by atoms with Crippen molar-refractivity contribution in [1.82, 2.24) is 0 Å². The molecule has 0 spiro atoms. The Hall–Kier alpha value is -2.54. The van der Waals surface area contributed by atoms with Gasteiger partial charge in [0.05, 0.1) is 0 Å². The molecule has 0 aliphatic rings. The minimum atomic E-state index is 0.302. The number of rotatable bonds is 4. The summed E-state index contributed by atoms with van der Waals surface area (Å²) in [4.78, 5) is 0. The molecule has 24 heavy (non-hydrogen) atoms. The normalized spacial score (nSPS) is 12.1. The van der Waals surface area contributed by atoms with Gasteiger partial charge in [0.1, 0.15) is 5.75 Å². The monoisotopic (exact) mass is 316 g/mol. The first-order valence-electron chi connectivity index (χ1n) is 8.59. The van der Waals surface area contributed by atoms with E-state index in [1.54, 1.807) is 6.07 Å². The van der Waals surface area contributed by atoms with Crippen molar-refractivity contribution in [2.75, 3.05) is 0 Å². The van der Waals surface area contributed by atoms with E-state index < -0.39 is 0 Å². The highest BCUT2D eigenvalue weighted by atomic mass is 16.3. The van der Waals surface area contributed by atoms with Crippen LogP contribution in [0.1, 0.15) is 37.3 Å². The van der Waals surface area contributed by atoms with Gasteiger partial charge in [-0.1, -0.05) is 62.4 Å². The molecule has 3 aromatic rings. The van der Waals surface area contributed by atoms with Gasteiger partial charge in [-0.3, -0.25) is 0 Å². The second kappa shape index (κ2) is 6.92. The Balaban J connectivity index is 2.20. The van der Waals surface area contributed by atoms with Gasteiger partial charge in [-0.25, -0.2) is 0 Å². The van der Waals surface area contributed by atoms with Gasteiger partial charge < -0.3 is 5.11 Å². The molecular weight excluding hydrogens is 292 g/mol. The van der Waals surface area contributed by atoms with Crippen LogP contribution in [0.15, 0.2) is 66.7 Å². The summed E-state index contributed by atoms with van der Waals surface area (Å²) in [5.41, 5.74) is 7.43. The van der Waals surface area contributed by atoms with Gasteiger partial charge >= 0.3 is 0 Å². The first kappa shape index (κ1) is 16.3. The molecular formula is C23H24O. The highest BCUT2D eigenvalue weighted by molar-refractivity contribution is 5.78. The second-order valence-electron chi connectivity index (χ2n) is 6.48. The van der Waals surface area contributed by atoms with Gasteiger partial charge in [-0.05, 0) is 70.8 Å². The van der Waals surface area contributed by atoms with E-state index in [9.17, 15) is 5.11 Å². The van der Waals surface area contributed by atoms with E-state index in [0.29, 0.717) is 11.7 Å². The number of hydrogen-bond acceptors (Lipinski definition) is 1. The lowest BCUT2D eigenvalue weighted by Crippen LogP contribution is -1.97. The number of aryl methyl sites for hydroxylation is 1. The van der Waals surface area contributed by atoms with Crippen molar-refractivity contribution in [3.63, 3.8) is 0 Å². The number of phenols is 1.